The fourth-order valence-corrected chi connectivity index (χ4v) is 3.42. The number of para-hydroxylation sites is 1. The number of nitrogens with zero attached hydrogens (tertiary/aromatic N) is 2. The first-order valence-corrected chi connectivity index (χ1v) is 7.74. The molecule has 1 N–H and O–H groups in total. The maximum absolute atomic E-state index is 10.8. The molecule has 5 nitrogen and oxygen atoms in total. The van der Waals surface area contributed by atoms with E-state index in [1.807, 2.05) is 18.2 Å². The zero-order valence-corrected chi connectivity index (χ0v) is 12.5. The van der Waals surface area contributed by atoms with Crippen LogP contribution in [0.4, 0.5) is 0 Å². The molecule has 1 heterocycles. The fraction of sp³-hybridized carbons (Fsp3) is 0.333. The van der Waals surface area contributed by atoms with Crippen molar-refractivity contribution in [2.24, 2.45) is 0 Å². The summed E-state index contributed by atoms with van der Waals surface area (Å²) in [5.74, 6) is -0.115. The van der Waals surface area contributed by atoms with Gasteiger partial charge in [0.15, 0.2) is 5.16 Å². The number of benzene rings is 1. The molecule has 0 saturated carbocycles. The molecule has 0 radical (unpaired) electrons. The predicted molar refractivity (Wildman–Crippen MR) is 82.1 cm³/mol. The molecule has 0 unspecified atom stereocenters. The number of rotatable bonds is 5. The van der Waals surface area contributed by atoms with E-state index in [0.29, 0.717) is 6.04 Å². The van der Waals surface area contributed by atoms with Gasteiger partial charge in [-0.25, -0.2) is 4.98 Å². The van der Waals surface area contributed by atoms with Gasteiger partial charge in [0.05, 0.1) is 18.4 Å². The number of thioether (sulfide) groups is 1. The molecule has 0 fully saturated rings. The lowest BCUT2D eigenvalue weighted by atomic mass is 10.2. The smallest absolute Gasteiger partial charge is 0.313 e. The number of imidazole rings is 1. The molecule has 1 aliphatic rings. The molecule has 0 atom stereocenters. The number of carboxylic acid groups (broad SMARTS) is 1. The zero-order chi connectivity index (χ0) is 14.8. The van der Waals surface area contributed by atoms with Crippen LogP contribution in [0.3, 0.4) is 0 Å². The van der Waals surface area contributed by atoms with Crippen LogP contribution < -0.4 is 4.74 Å². The van der Waals surface area contributed by atoms with Crippen molar-refractivity contribution in [2.75, 3.05) is 12.9 Å². The molecular formula is C15H16N2O3S. The number of aromatic nitrogens is 2. The molecule has 0 spiro atoms. The predicted octanol–water partition coefficient (Wildman–Crippen LogP) is 3.11. The Labute approximate surface area is 126 Å². The first-order chi connectivity index (χ1) is 10.2. The first kappa shape index (κ1) is 14.0. The van der Waals surface area contributed by atoms with Gasteiger partial charge in [-0.2, -0.15) is 0 Å². The largest absolute Gasteiger partial charge is 0.494 e. The van der Waals surface area contributed by atoms with Gasteiger partial charge in [0, 0.05) is 6.04 Å². The Morgan fingerprint density at radius 1 is 1.48 bits per heavy atom. The summed E-state index contributed by atoms with van der Waals surface area (Å²) in [5, 5.41) is 9.65. The second-order valence-corrected chi connectivity index (χ2v) is 5.81. The number of ether oxygens (including phenoxy) is 1. The van der Waals surface area contributed by atoms with Gasteiger partial charge < -0.3 is 14.4 Å². The number of hydrogen-bond acceptors (Lipinski definition) is 4. The van der Waals surface area contributed by atoms with Crippen molar-refractivity contribution in [3.8, 4) is 5.75 Å². The first-order valence-electron chi connectivity index (χ1n) is 6.75. The molecule has 110 valence electrons. The molecular weight excluding hydrogens is 288 g/mol. The van der Waals surface area contributed by atoms with E-state index in [0.717, 1.165) is 34.8 Å². The van der Waals surface area contributed by atoms with Gasteiger partial charge in [0.2, 0.25) is 0 Å². The third-order valence-corrected chi connectivity index (χ3v) is 4.48. The lowest BCUT2D eigenvalue weighted by Crippen LogP contribution is -2.08. The summed E-state index contributed by atoms with van der Waals surface area (Å²) in [6.07, 6.45) is 6.21. The standard InChI is InChI=1S/C15H16N2O3S/c1-20-12-8-4-7-11-14(12)16-15(21-9-13(18)19)17(11)10-5-2-3-6-10/h2-4,7-8,10H,5-6,9H2,1H3,(H,18,19). The lowest BCUT2D eigenvalue weighted by molar-refractivity contribution is -0.133. The summed E-state index contributed by atoms with van der Waals surface area (Å²) in [5.41, 5.74) is 1.79. The van der Waals surface area contributed by atoms with Gasteiger partial charge in [0.1, 0.15) is 11.3 Å². The highest BCUT2D eigenvalue weighted by Gasteiger charge is 2.22. The quantitative estimate of drug-likeness (QED) is 0.679. The number of methoxy groups -OCH3 is 1. The maximum atomic E-state index is 10.8. The van der Waals surface area contributed by atoms with Gasteiger partial charge in [-0.1, -0.05) is 30.0 Å². The second kappa shape index (κ2) is 5.81. The number of carboxylic acids is 1. The topological polar surface area (TPSA) is 64.3 Å². The molecule has 1 aromatic heterocycles. The monoisotopic (exact) mass is 304 g/mol. The molecule has 1 aromatic carbocycles. The highest BCUT2D eigenvalue weighted by molar-refractivity contribution is 7.99. The van der Waals surface area contributed by atoms with Crippen LogP contribution in [-0.2, 0) is 4.79 Å². The van der Waals surface area contributed by atoms with Crippen LogP contribution in [-0.4, -0.2) is 33.5 Å². The summed E-state index contributed by atoms with van der Waals surface area (Å²) in [6.45, 7) is 0. The summed E-state index contributed by atoms with van der Waals surface area (Å²) < 4.78 is 7.51. The van der Waals surface area contributed by atoms with E-state index in [1.165, 1.54) is 11.8 Å². The summed E-state index contributed by atoms with van der Waals surface area (Å²) >= 11 is 1.26. The Hall–Kier alpha value is -1.95. The van der Waals surface area contributed by atoms with Crippen LogP contribution in [0.5, 0.6) is 5.75 Å². The minimum absolute atomic E-state index is 0.00574. The average Bonchev–Trinajstić information content (AvgIpc) is 3.10. The van der Waals surface area contributed by atoms with Crippen LogP contribution in [0.2, 0.25) is 0 Å². The van der Waals surface area contributed by atoms with Crippen molar-refractivity contribution in [3.05, 3.63) is 30.4 Å². The summed E-state index contributed by atoms with van der Waals surface area (Å²) in [6, 6.07) is 6.12. The van der Waals surface area contributed by atoms with E-state index in [4.69, 9.17) is 9.84 Å². The van der Waals surface area contributed by atoms with Gasteiger partial charge in [-0.3, -0.25) is 4.79 Å². The second-order valence-electron chi connectivity index (χ2n) is 4.87. The lowest BCUT2D eigenvalue weighted by Gasteiger charge is -2.15. The Bertz CT molecular complexity index is 700. The highest BCUT2D eigenvalue weighted by atomic mass is 32.2. The molecule has 0 amide bonds. The van der Waals surface area contributed by atoms with Crippen LogP contribution in [0, 0.1) is 0 Å². The van der Waals surface area contributed by atoms with Crippen molar-refractivity contribution in [1.82, 2.24) is 9.55 Å². The molecule has 1 aliphatic carbocycles. The molecule has 6 heteroatoms. The van der Waals surface area contributed by atoms with E-state index >= 15 is 0 Å². The molecule has 3 rings (SSSR count). The van der Waals surface area contributed by atoms with Crippen molar-refractivity contribution in [2.45, 2.75) is 24.0 Å². The van der Waals surface area contributed by atoms with Crippen LogP contribution in [0.25, 0.3) is 11.0 Å². The Kier molecular flexibility index (Phi) is 3.88. The minimum atomic E-state index is -0.838. The van der Waals surface area contributed by atoms with Gasteiger partial charge in [-0.05, 0) is 25.0 Å². The van der Waals surface area contributed by atoms with Gasteiger partial charge >= 0.3 is 5.97 Å². The maximum Gasteiger partial charge on any atom is 0.313 e. The molecule has 0 aliphatic heterocycles. The number of aliphatic carboxylic acids is 1. The third kappa shape index (κ3) is 2.63. The van der Waals surface area contributed by atoms with E-state index in [9.17, 15) is 4.79 Å². The van der Waals surface area contributed by atoms with Crippen LogP contribution in [0.1, 0.15) is 18.9 Å². The normalized spacial score (nSPS) is 14.9. The minimum Gasteiger partial charge on any atom is -0.494 e. The van der Waals surface area contributed by atoms with Crippen molar-refractivity contribution >= 4 is 28.8 Å². The van der Waals surface area contributed by atoms with E-state index in [1.54, 1.807) is 7.11 Å². The number of fused-ring (bicyclic) bond motifs is 1. The Balaban J connectivity index is 2.10. The number of allylic oxidation sites excluding steroid dienone is 2. The Morgan fingerprint density at radius 3 is 2.90 bits per heavy atom. The van der Waals surface area contributed by atoms with Crippen LogP contribution in [0.15, 0.2) is 35.5 Å². The molecule has 2 aromatic rings. The highest BCUT2D eigenvalue weighted by Crippen LogP contribution is 2.36. The van der Waals surface area contributed by atoms with Gasteiger partial charge in [0.25, 0.3) is 0 Å². The van der Waals surface area contributed by atoms with E-state index < -0.39 is 5.97 Å². The van der Waals surface area contributed by atoms with Crippen molar-refractivity contribution in [1.29, 1.82) is 0 Å². The fourth-order valence-electron chi connectivity index (χ4n) is 2.63. The summed E-state index contributed by atoms with van der Waals surface area (Å²) in [7, 11) is 1.62. The number of hydrogen-bond donors (Lipinski definition) is 1. The third-order valence-electron chi connectivity index (χ3n) is 3.54. The average molecular weight is 304 g/mol. The molecule has 0 bridgehead atoms. The van der Waals surface area contributed by atoms with E-state index in [-0.39, 0.29) is 5.75 Å². The summed E-state index contributed by atoms with van der Waals surface area (Å²) in [4.78, 5) is 15.5. The van der Waals surface area contributed by atoms with Crippen molar-refractivity contribution in [3.63, 3.8) is 0 Å². The van der Waals surface area contributed by atoms with Crippen molar-refractivity contribution < 1.29 is 14.6 Å². The van der Waals surface area contributed by atoms with Crippen LogP contribution >= 0.6 is 11.8 Å². The Morgan fingerprint density at radius 2 is 2.24 bits per heavy atom. The zero-order valence-electron chi connectivity index (χ0n) is 11.7. The SMILES string of the molecule is COc1cccc2c1nc(SCC(=O)O)n2C1CC=CC1. The number of carbonyl (C=O) groups is 1. The molecule has 0 saturated heterocycles. The van der Waals surface area contributed by atoms with Gasteiger partial charge in [-0.15, -0.1) is 0 Å². The molecule has 21 heavy (non-hydrogen) atoms. The van der Waals surface area contributed by atoms with E-state index in [2.05, 4.69) is 21.7 Å².